The Labute approximate surface area is 125 Å². The van der Waals surface area contributed by atoms with Crippen molar-refractivity contribution in [3.05, 3.63) is 11.5 Å². The maximum Gasteiger partial charge on any atom is 0.411 e. The number of amides is 1. The van der Waals surface area contributed by atoms with Gasteiger partial charge in [-0.05, 0) is 41.5 Å². The standard InChI is InChI=1S/C15H25NO3S/c1-8-10-16(13(17)19-14(2,3)4)11-9-12-20(18)15(5,6)7/h1,9,12H,10-11H2,2-7H3/b12-9+/t20-/m0/s1. The minimum absolute atomic E-state index is 0.154. The van der Waals surface area contributed by atoms with Crippen LogP contribution in [0.5, 0.6) is 0 Å². The van der Waals surface area contributed by atoms with E-state index in [1.807, 2.05) is 20.8 Å². The fourth-order valence-corrected chi connectivity index (χ4v) is 1.77. The molecule has 1 amide bonds. The Morgan fingerprint density at radius 1 is 1.30 bits per heavy atom. The van der Waals surface area contributed by atoms with Crippen LogP contribution >= 0.6 is 0 Å². The van der Waals surface area contributed by atoms with Crippen molar-refractivity contribution < 1.29 is 13.7 Å². The summed E-state index contributed by atoms with van der Waals surface area (Å²) in [6, 6.07) is 0. The van der Waals surface area contributed by atoms with Crippen LogP contribution in [0.15, 0.2) is 11.5 Å². The van der Waals surface area contributed by atoms with Gasteiger partial charge in [-0.15, -0.1) is 6.42 Å². The second-order valence-corrected chi connectivity index (χ2v) is 8.44. The van der Waals surface area contributed by atoms with E-state index in [1.165, 1.54) is 4.90 Å². The molecule has 0 heterocycles. The Morgan fingerprint density at radius 3 is 2.25 bits per heavy atom. The highest BCUT2D eigenvalue weighted by Gasteiger charge is 2.21. The third-order valence-corrected chi connectivity index (χ3v) is 3.73. The Morgan fingerprint density at radius 2 is 1.85 bits per heavy atom. The molecule has 0 saturated heterocycles. The van der Waals surface area contributed by atoms with E-state index in [9.17, 15) is 9.00 Å². The third kappa shape index (κ3) is 8.00. The molecule has 0 aromatic carbocycles. The van der Waals surface area contributed by atoms with E-state index in [-0.39, 0.29) is 17.8 Å². The van der Waals surface area contributed by atoms with Gasteiger partial charge in [0.15, 0.2) is 0 Å². The molecule has 0 unspecified atom stereocenters. The molecule has 0 N–H and O–H groups in total. The van der Waals surface area contributed by atoms with E-state index < -0.39 is 22.5 Å². The molecule has 4 nitrogen and oxygen atoms in total. The Hall–Kier alpha value is -1.28. The van der Waals surface area contributed by atoms with Gasteiger partial charge >= 0.3 is 6.09 Å². The van der Waals surface area contributed by atoms with E-state index in [0.717, 1.165) is 0 Å². The monoisotopic (exact) mass is 299 g/mol. The maximum atomic E-state index is 11.9. The van der Waals surface area contributed by atoms with Gasteiger partial charge in [0.2, 0.25) is 0 Å². The van der Waals surface area contributed by atoms with Crippen molar-refractivity contribution >= 4 is 16.9 Å². The van der Waals surface area contributed by atoms with Gasteiger partial charge in [-0.3, -0.25) is 9.11 Å². The first-order valence-corrected chi connectivity index (χ1v) is 7.67. The zero-order valence-electron chi connectivity index (χ0n) is 13.2. The van der Waals surface area contributed by atoms with Gasteiger partial charge < -0.3 is 4.74 Å². The van der Waals surface area contributed by atoms with E-state index in [4.69, 9.17) is 11.2 Å². The van der Waals surface area contributed by atoms with E-state index in [2.05, 4.69) is 5.92 Å². The lowest BCUT2D eigenvalue weighted by molar-refractivity contribution is 0.0296. The molecule has 0 fully saturated rings. The largest absolute Gasteiger partial charge is 0.444 e. The first kappa shape index (κ1) is 18.7. The minimum atomic E-state index is -1.10. The minimum Gasteiger partial charge on any atom is -0.444 e. The summed E-state index contributed by atoms with van der Waals surface area (Å²) >= 11 is 0. The molecule has 0 aliphatic carbocycles. The highest BCUT2D eigenvalue weighted by molar-refractivity contribution is 7.89. The average Bonchev–Trinajstić information content (AvgIpc) is 2.23. The normalized spacial score (nSPS) is 13.8. The second kappa shape index (κ2) is 7.49. The molecular formula is C15H25NO3S. The number of rotatable bonds is 4. The molecule has 0 aromatic heterocycles. The second-order valence-electron chi connectivity index (χ2n) is 6.35. The number of hydrogen-bond acceptors (Lipinski definition) is 3. The topological polar surface area (TPSA) is 46.6 Å². The third-order valence-electron chi connectivity index (χ3n) is 2.08. The zero-order chi connectivity index (χ0) is 16.0. The molecule has 0 aliphatic rings. The lowest BCUT2D eigenvalue weighted by Gasteiger charge is -2.25. The molecule has 0 bridgehead atoms. The van der Waals surface area contributed by atoms with Crippen molar-refractivity contribution in [3.8, 4) is 12.3 Å². The predicted octanol–water partition coefficient (Wildman–Crippen LogP) is 2.92. The summed E-state index contributed by atoms with van der Waals surface area (Å²) in [6.07, 6.45) is 6.46. The Bertz CT molecular complexity index is 422. The predicted molar refractivity (Wildman–Crippen MR) is 83.7 cm³/mol. The van der Waals surface area contributed by atoms with Gasteiger partial charge in [-0.2, -0.15) is 0 Å². The number of carbonyl (C=O) groups excluding carboxylic acids is 1. The summed E-state index contributed by atoms with van der Waals surface area (Å²) in [5.74, 6) is 2.42. The van der Waals surface area contributed by atoms with Crippen LogP contribution in [0.4, 0.5) is 4.79 Å². The number of terminal acetylenes is 1. The summed E-state index contributed by atoms with van der Waals surface area (Å²) in [7, 11) is -1.10. The molecule has 0 radical (unpaired) electrons. The quantitative estimate of drug-likeness (QED) is 0.750. The zero-order valence-corrected chi connectivity index (χ0v) is 14.0. The SMILES string of the molecule is C#CCN(C/C=C/[S@](=O)C(C)(C)C)C(=O)OC(C)(C)C. The summed E-state index contributed by atoms with van der Waals surface area (Å²) in [6.45, 7) is 11.5. The molecule has 5 heteroatoms. The molecule has 0 spiro atoms. The van der Waals surface area contributed by atoms with E-state index >= 15 is 0 Å². The van der Waals surface area contributed by atoms with Crippen LogP contribution in [0, 0.1) is 12.3 Å². The van der Waals surface area contributed by atoms with Crippen molar-refractivity contribution in [1.29, 1.82) is 0 Å². The van der Waals surface area contributed by atoms with Gasteiger partial charge in [-0.1, -0.05) is 12.0 Å². The van der Waals surface area contributed by atoms with Gasteiger partial charge in [0, 0.05) is 16.7 Å². The molecule has 0 aliphatic heterocycles. The Kier molecular flexibility index (Phi) is 7.01. The smallest absolute Gasteiger partial charge is 0.411 e. The number of nitrogens with zero attached hydrogens (tertiary/aromatic N) is 1. The highest BCUT2D eigenvalue weighted by Crippen LogP contribution is 2.13. The number of carbonyl (C=O) groups is 1. The fourth-order valence-electron chi connectivity index (χ4n) is 1.10. The van der Waals surface area contributed by atoms with Gasteiger partial charge in [0.05, 0.1) is 17.3 Å². The van der Waals surface area contributed by atoms with Crippen molar-refractivity contribution in [2.24, 2.45) is 0 Å². The summed E-state index contributed by atoms with van der Waals surface area (Å²) in [4.78, 5) is 13.3. The molecule has 0 rings (SSSR count). The van der Waals surface area contributed by atoms with Gasteiger partial charge in [-0.25, -0.2) is 4.79 Å². The first-order valence-electron chi connectivity index (χ1n) is 6.46. The lowest BCUT2D eigenvalue weighted by atomic mass is 10.2. The highest BCUT2D eigenvalue weighted by atomic mass is 32.2. The van der Waals surface area contributed by atoms with Crippen LogP contribution in [0.2, 0.25) is 0 Å². The van der Waals surface area contributed by atoms with Crippen molar-refractivity contribution in [3.63, 3.8) is 0 Å². The first-order chi connectivity index (χ1) is 8.97. The summed E-state index contributed by atoms with van der Waals surface area (Å²) < 4.78 is 16.8. The van der Waals surface area contributed by atoms with Crippen LogP contribution in [-0.4, -0.2) is 38.6 Å². The Balaban J connectivity index is 4.65. The summed E-state index contributed by atoms with van der Waals surface area (Å²) in [5, 5.41) is 1.59. The van der Waals surface area contributed by atoms with Crippen LogP contribution < -0.4 is 0 Å². The van der Waals surface area contributed by atoms with Crippen molar-refractivity contribution in [2.75, 3.05) is 13.1 Å². The number of hydrogen-bond donors (Lipinski definition) is 0. The maximum absolute atomic E-state index is 11.9. The number of ether oxygens (including phenoxy) is 1. The van der Waals surface area contributed by atoms with Crippen LogP contribution in [0.25, 0.3) is 0 Å². The lowest BCUT2D eigenvalue weighted by Crippen LogP contribution is -2.37. The van der Waals surface area contributed by atoms with Gasteiger partial charge in [0.25, 0.3) is 0 Å². The van der Waals surface area contributed by atoms with Gasteiger partial charge in [0.1, 0.15) is 5.60 Å². The van der Waals surface area contributed by atoms with Crippen molar-refractivity contribution in [2.45, 2.75) is 51.9 Å². The van der Waals surface area contributed by atoms with Crippen LogP contribution in [0.1, 0.15) is 41.5 Å². The van der Waals surface area contributed by atoms with Crippen LogP contribution in [0.3, 0.4) is 0 Å². The molecule has 1 atom stereocenters. The van der Waals surface area contributed by atoms with Crippen molar-refractivity contribution in [1.82, 2.24) is 4.90 Å². The van der Waals surface area contributed by atoms with Crippen LogP contribution in [-0.2, 0) is 15.5 Å². The molecular weight excluding hydrogens is 274 g/mol. The van der Waals surface area contributed by atoms with E-state index in [1.54, 1.807) is 32.3 Å². The molecule has 20 heavy (non-hydrogen) atoms. The molecule has 0 aromatic rings. The molecule has 114 valence electrons. The fraction of sp³-hybridized carbons (Fsp3) is 0.667. The average molecular weight is 299 g/mol. The summed E-state index contributed by atoms with van der Waals surface area (Å²) in [5.41, 5.74) is -0.568. The molecule has 0 saturated carbocycles. The van der Waals surface area contributed by atoms with E-state index in [0.29, 0.717) is 0 Å².